The van der Waals surface area contributed by atoms with Gasteiger partial charge in [0, 0.05) is 19.0 Å². The Bertz CT molecular complexity index is 422. The number of carbonyl (C=O) groups is 2. The molecular weight excluding hydrogens is 248 g/mol. The van der Waals surface area contributed by atoms with E-state index in [1.54, 1.807) is 0 Å². The zero-order valence-corrected chi connectivity index (χ0v) is 10.5. The van der Waals surface area contributed by atoms with Gasteiger partial charge in [0.15, 0.2) is 0 Å². The minimum Gasteiger partial charge on any atom is -0.481 e. The number of benzene rings is 1. The van der Waals surface area contributed by atoms with Gasteiger partial charge < -0.3 is 15.9 Å². The molecule has 19 heavy (non-hydrogen) atoms. The quantitative estimate of drug-likeness (QED) is 0.548. The molecule has 6 nitrogen and oxygen atoms in total. The normalized spacial score (nSPS) is 13.7. The Hall–Kier alpha value is -1.92. The summed E-state index contributed by atoms with van der Waals surface area (Å²) in [6, 6.07) is 8.00. The van der Waals surface area contributed by atoms with E-state index in [2.05, 4.69) is 5.32 Å². The summed E-state index contributed by atoms with van der Waals surface area (Å²) >= 11 is 0. The fourth-order valence-electron chi connectivity index (χ4n) is 1.77. The molecular formula is C13H18N2O4. The van der Waals surface area contributed by atoms with Crippen molar-refractivity contribution in [3.63, 3.8) is 0 Å². The third-order valence-corrected chi connectivity index (χ3v) is 2.78. The Morgan fingerprint density at radius 2 is 1.84 bits per heavy atom. The smallest absolute Gasteiger partial charge is 0.320 e. The van der Waals surface area contributed by atoms with Gasteiger partial charge in [-0.15, -0.1) is 0 Å². The molecule has 6 heteroatoms. The lowest BCUT2D eigenvalue weighted by Crippen LogP contribution is -2.42. The lowest BCUT2D eigenvalue weighted by Gasteiger charge is -2.22. The summed E-state index contributed by atoms with van der Waals surface area (Å²) < 4.78 is 0. The monoisotopic (exact) mass is 266 g/mol. The van der Waals surface area contributed by atoms with Crippen molar-refractivity contribution in [2.24, 2.45) is 5.73 Å². The molecule has 1 unspecified atom stereocenters. The van der Waals surface area contributed by atoms with Gasteiger partial charge in [-0.2, -0.15) is 0 Å². The van der Waals surface area contributed by atoms with E-state index in [0.717, 1.165) is 5.56 Å². The number of rotatable bonds is 8. The van der Waals surface area contributed by atoms with Gasteiger partial charge in [-0.25, -0.2) is 0 Å². The van der Waals surface area contributed by atoms with Crippen molar-refractivity contribution in [2.75, 3.05) is 6.54 Å². The summed E-state index contributed by atoms with van der Waals surface area (Å²) in [5.41, 5.74) is 6.52. The maximum absolute atomic E-state index is 11.1. The van der Waals surface area contributed by atoms with E-state index >= 15 is 0 Å². The molecule has 0 saturated carbocycles. The van der Waals surface area contributed by atoms with Crippen LogP contribution in [0.25, 0.3) is 0 Å². The molecule has 0 heterocycles. The number of nitrogens with one attached hydrogen (secondary N) is 1. The Labute approximate surface area is 111 Å². The van der Waals surface area contributed by atoms with Crippen LogP contribution in [0.4, 0.5) is 0 Å². The number of hydrogen-bond acceptors (Lipinski definition) is 4. The van der Waals surface area contributed by atoms with Crippen LogP contribution in [0.15, 0.2) is 30.3 Å². The van der Waals surface area contributed by atoms with Crippen molar-refractivity contribution in [3.05, 3.63) is 35.9 Å². The van der Waals surface area contributed by atoms with Crippen LogP contribution in [0, 0.1) is 0 Å². The van der Waals surface area contributed by atoms with Crippen LogP contribution in [0.2, 0.25) is 0 Å². The minimum atomic E-state index is -1.07. The lowest BCUT2D eigenvalue weighted by atomic mass is 10.0. The molecule has 0 aromatic heterocycles. The van der Waals surface area contributed by atoms with E-state index in [4.69, 9.17) is 15.9 Å². The van der Waals surface area contributed by atoms with Gasteiger partial charge in [0.05, 0.1) is 0 Å². The predicted octanol–water partition coefficient (Wildman–Crippen LogP) is 0.594. The zero-order valence-electron chi connectivity index (χ0n) is 10.5. The van der Waals surface area contributed by atoms with Gasteiger partial charge in [0.25, 0.3) is 0 Å². The van der Waals surface area contributed by atoms with Crippen LogP contribution in [0.5, 0.6) is 0 Å². The Morgan fingerprint density at radius 1 is 1.21 bits per heavy atom. The van der Waals surface area contributed by atoms with Gasteiger partial charge in [0.1, 0.15) is 6.04 Å². The summed E-state index contributed by atoms with van der Waals surface area (Å²) in [5.74, 6) is -2.09. The van der Waals surface area contributed by atoms with Crippen LogP contribution >= 0.6 is 0 Å². The zero-order chi connectivity index (χ0) is 14.3. The predicted molar refractivity (Wildman–Crippen MR) is 69.7 cm³/mol. The highest BCUT2D eigenvalue weighted by molar-refractivity contribution is 5.75. The summed E-state index contributed by atoms with van der Waals surface area (Å²) in [4.78, 5) is 21.6. The van der Waals surface area contributed by atoms with Gasteiger partial charge in [-0.1, -0.05) is 30.3 Å². The standard InChI is InChI=1S/C13H18N2O4/c14-8-11(9-4-2-1-3-5-9)15-10(13(18)19)6-7-12(16)17/h1-5,10-11,15H,6-8,14H2,(H,16,17)(H,18,19)/t10-,11?/m0/s1. The average molecular weight is 266 g/mol. The fourth-order valence-corrected chi connectivity index (χ4v) is 1.77. The second-order valence-corrected chi connectivity index (χ2v) is 4.19. The van der Waals surface area contributed by atoms with Crippen molar-refractivity contribution < 1.29 is 19.8 Å². The van der Waals surface area contributed by atoms with Crippen molar-refractivity contribution in [2.45, 2.75) is 24.9 Å². The molecule has 0 radical (unpaired) electrons. The highest BCUT2D eigenvalue weighted by Gasteiger charge is 2.22. The SMILES string of the molecule is NCC(N[C@@H](CCC(=O)O)C(=O)O)c1ccccc1. The number of carboxylic acid groups (broad SMARTS) is 2. The second-order valence-electron chi connectivity index (χ2n) is 4.19. The third kappa shape index (κ3) is 5.07. The Balaban J connectivity index is 2.70. The maximum atomic E-state index is 11.1. The Morgan fingerprint density at radius 3 is 2.32 bits per heavy atom. The molecule has 1 rings (SSSR count). The molecule has 2 atom stereocenters. The fraction of sp³-hybridized carbons (Fsp3) is 0.385. The van der Waals surface area contributed by atoms with Gasteiger partial charge in [0.2, 0.25) is 0 Å². The molecule has 0 aliphatic rings. The third-order valence-electron chi connectivity index (χ3n) is 2.78. The number of nitrogens with two attached hydrogens (primary N) is 1. The first-order chi connectivity index (χ1) is 9.04. The van der Waals surface area contributed by atoms with Gasteiger partial charge in [-0.3, -0.25) is 14.9 Å². The Kier molecular flexibility index (Phi) is 5.98. The molecule has 0 bridgehead atoms. The molecule has 0 fully saturated rings. The summed E-state index contributed by atoms with van der Waals surface area (Å²) in [5, 5.41) is 20.6. The van der Waals surface area contributed by atoms with Gasteiger partial charge in [-0.05, 0) is 12.0 Å². The second kappa shape index (κ2) is 7.50. The van der Waals surface area contributed by atoms with Crippen molar-refractivity contribution >= 4 is 11.9 Å². The molecule has 104 valence electrons. The van der Waals surface area contributed by atoms with Crippen LogP contribution in [-0.4, -0.2) is 34.7 Å². The number of carboxylic acids is 2. The molecule has 0 spiro atoms. The highest BCUT2D eigenvalue weighted by Crippen LogP contribution is 2.13. The first-order valence-electron chi connectivity index (χ1n) is 6.00. The molecule has 0 aliphatic heterocycles. The molecule has 1 aromatic rings. The van der Waals surface area contributed by atoms with Gasteiger partial charge >= 0.3 is 11.9 Å². The number of aliphatic carboxylic acids is 2. The van der Waals surface area contributed by atoms with E-state index in [0.29, 0.717) is 0 Å². The molecule has 1 aromatic carbocycles. The van der Waals surface area contributed by atoms with Crippen molar-refractivity contribution in [1.29, 1.82) is 0 Å². The highest BCUT2D eigenvalue weighted by atomic mass is 16.4. The first kappa shape index (κ1) is 15.1. The number of hydrogen-bond donors (Lipinski definition) is 4. The van der Waals surface area contributed by atoms with Crippen LogP contribution in [0.3, 0.4) is 0 Å². The first-order valence-corrected chi connectivity index (χ1v) is 6.00. The van der Waals surface area contributed by atoms with E-state index in [1.165, 1.54) is 0 Å². The van der Waals surface area contributed by atoms with E-state index < -0.39 is 18.0 Å². The summed E-state index contributed by atoms with van der Waals surface area (Å²) in [7, 11) is 0. The molecule has 0 amide bonds. The topological polar surface area (TPSA) is 113 Å². The summed E-state index contributed by atoms with van der Waals surface area (Å²) in [6.45, 7) is 0.237. The van der Waals surface area contributed by atoms with Crippen molar-refractivity contribution in [3.8, 4) is 0 Å². The van der Waals surface area contributed by atoms with E-state index in [1.807, 2.05) is 30.3 Å². The maximum Gasteiger partial charge on any atom is 0.320 e. The van der Waals surface area contributed by atoms with Crippen LogP contribution in [0.1, 0.15) is 24.4 Å². The molecule has 0 saturated heterocycles. The minimum absolute atomic E-state index is 0.0218. The van der Waals surface area contributed by atoms with E-state index in [-0.39, 0.29) is 25.4 Å². The lowest BCUT2D eigenvalue weighted by molar-refractivity contribution is -0.141. The summed E-state index contributed by atoms with van der Waals surface area (Å²) in [6.07, 6.45) is -0.177. The largest absolute Gasteiger partial charge is 0.481 e. The average Bonchev–Trinajstić information content (AvgIpc) is 2.39. The molecule has 0 aliphatic carbocycles. The van der Waals surface area contributed by atoms with Crippen LogP contribution < -0.4 is 11.1 Å². The van der Waals surface area contributed by atoms with Crippen molar-refractivity contribution in [1.82, 2.24) is 5.32 Å². The van der Waals surface area contributed by atoms with E-state index in [9.17, 15) is 9.59 Å². The molecule has 5 N–H and O–H groups in total. The van der Waals surface area contributed by atoms with Crippen LogP contribution in [-0.2, 0) is 9.59 Å².